The Hall–Kier alpha value is -0.580. The lowest BCUT2D eigenvalue weighted by Crippen LogP contribution is -1.93. The largest absolute Gasteiger partial charge is 0.375 e. The molecule has 2 rings (SSSR count). The van der Waals surface area contributed by atoms with E-state index in [-0.39, 0.29) is 0 Å². The first-order valence-electron chi connectivity index (χ1n) is 5.78. The molecule has 0 unspecified atom stereocenters. The Labute approximate surface area is 124 Å². The van der Waals surface area contributed by atoms with Crippen LogP contribution in [0.4, 0.5) is 5.13 Å². The molecule has 1 aromatic carbocycles. The minimum Gasteiger partial charge on any atom is -0.375 e. The fraction of sp³-hybridized carbons (Fsp3) is 0.308. The van der Waals surface area contributed by atoms with Gasteiger partial charge in [0, 0.05) is 15.8 Å². The second kappa shape index (κ2) is 6.04. The second-order valence-corrected chi connectivity index (χ2v) is 6.47. The third-order valence-corrected chi connectivity index (χ3v) is 4.79. The summed E-state index contributed by atoms with van der Waals surface area (Å²) in [5, 5.41) is 1.39. The lowest BCUT2D eigenvalue weighted by Gasteiger charge is -2.03. The Morgan fingerprint density at radius 1 is 1.44 bits per heavy atom. The first-order chi connectivity index (χ1) is 8.60. The van der Waals surface area contributed by atoms with Crippen LogP contribution in [0, 0.1) is 0 Å². The maximum absolute atomic E-state index is 6.10. The number of aromatic nitrogens is 1. The summed E-state index contributed by atoms with van der Waals surface area (Å²) in [5.41, 5.74) is 8.10. The lowest BCUT2D eigenvalue weighted by atomic mass is 10.1. The molecule has 2 nitrogen and oxygen atoms in total. The molecule has 0 aliphatic rings. The molecule has 0 atom stereocenters. The van der Waals surface area contributed by atoms with Crippen LogP contribution in [0.2, 0.25) is 5.02 Å². The fourth-order valence-electron chi connectivity index (χ4n) is 1.81. The average molecular weight is 346 g/mol. The van der Waals surface area contributed by atoms with Gasteiger partial charge in [-0.3, -0.25) is 0 Å². The number of nitrogens with two attached hydrogens (primary N) is 1. The lowest BCUT2D eigenvalue weighted by molar-refractivity contribution is 0.879. The summed E-state index contributed by atoms with van der Waals surface area (Å²) in [6.45, 7) is 2.15. The maximum Gasteiger partial charge on any atom is 0.180 e. The van der Waals surface area contributed by atoms with E-state index < -0.39 is 0 Å². The van der Waals surface area contributed by atoms with Crippen molar-refractivity contribution < 1.29 is 0 Å². The summed E-state index contributed by atoms with van der Waals surface area (Å²) in [6.07, 6.45) is 2.90. The van der Waals surface area contributed by atoms with Crippen molar-refractivity contribution in [3.05, 3.63) is 43.8 Å². The number of hydrogen-bond acceptors (Lipinski definition) is 3. The maximum atomic E-state index is 6.10. The van der Waals surface area contributed by atoms with Crippen LogP contribution in [0.1, 0.15) is 29.5 Å². The molecule has 0 amide bonds. The molecule has 0 saturated heterocycles. The zero-order valence-corrected chi connectivity index (χ0v) is 13.2. The Bertz CT molecular complexity index is 554. The Balaban J connectivity index is 2.24. The molecule has 0 spiro atoms. The van der Waals surface area contributed by atoms with Gasteiger partial charge in [-0.05, 0) is 40.0 Å². The summed E-state index contributed by atoms with van der Waals surface area (Å²) in [6, 6.07) is 6.03. The van der Waals surface area contributed by atoms with Gasteiger partial charge in [0.1, 0.15) is 0 Å². The number of benzene rings is 1. The Morgan fingerprint density at radius 3 is 2.89 bits per heavy atom. The van der Waals surface area contributed by atoms with Gasteiger partial charge in [-0.15, -0.1) is 11.3 Å². The molecule has 5 heteroatoms. The average Bonchev–Trinajstić information content (AvgIpc) is 2.65. The van der Waals surface area contributed by atoms with E-state index in [0.717, 1.165) is 34.5 Å². The molecule has 2 N–H and O–H groups in total. The van der Waals surface area contributed by atoms with Crippen LogP contribution < -0.4 is 5.73 Å². The molecule has 0 aliphatic carbocycles. The highest BCUT2D eigenvalue weighted by Gasteiger charge is 2.10. The van der Waals surface area contributed by atoms with Gasteiger partial charge in [0.05, 0.1) is 10.7 Å². The topological polar surface area (TPSA) is 38.9 Å². The first-order valence-corrected chi connectivity index (χ1v) is 7.77. The number of nitrogens with zero attached hydrogens (tertiary/aromatic N) is 1. The number of rotatable bonds is 4. The molecule has 0 saturated carbocycles. The van der Waals surface area contributed by atoms with Crippen molar-refractivity contribution in [2.75, 3.05) is 5.73 Å². The fourth-order valence-corrected chi connectivity index (χ4v) is 3.17. The highest BCUT2D eigenvalue weighted by molar-refractivity contribution is 9.10. The molecular weight excluding hydrogens is 332 g/mol. The number of hydrogen-bond donors (Lipinski definition) is 1. The quantitative estimate of drug-likeness (QED) is 0.873. The molecule has 0 radical (unpaired) electrons. The monoisotopic (exact) mass is 344 g/mol. The van der Waals surface area contributed by atoms with Crippen molar-refractivity contribution >= 4 is 44.0 Å². The number of nitrogen functional groups attached to an aromatic ring is 1. The van der Waals surface area contributed by atoms with Gasteiger partial charge in [-0.25, -0.2) is 4.98 Å². The van der Waals surface area contributed by atoms with Gasteiger partial charge in [-0.1, -0.05) is 31.0 Å². The minimum absolute atomic E-state index is 0.650. The summed E-state index contributed by atoms with van der Waals surface area (Å²) >= 11 is 11.1. The van der Waals surface area contributed by atoms with E-state index >= 15 is 0 Å². The highest BCUT2D eigenvalue weighted by Crippen LogP contribution is 2.28. The molecule has 0 fully saturated rings. The standard InChI is InChI=1S/C13H14BrClN2S/c1-2-3-11-12(18-13(16)17-11)7-8-4-5-9(14)10(15)6-8/h4-6H,2-3,7H2,1H3,(H2,16,17). The predicted molar refractivity (Wildman–Crippen MR) is 82.5 cm³/mol. The van der Waals surface area contributed by atoms with E-state index in [1.54, 1.807) is 11.3 Å². The molecule has 1 heterocycles. The molecule has 0 aliphatic heterocycles. The van der Waals surface area contributed by atoms with Crippen molar-refractivity contribution in [2.24, 2.45) is 0 Å². The van der Waals surface area contributed by atoms with E-state index in [4.69, 9.17) is 17.3 Å². The molecular formula is C13H14BrClN2S. The van der Waals surface area contributed by atoms with Crippen molar-refractivity contribution in [3.63, 3.8) is 0 Å². The SMILES string of the molecule is CCCc1nc(N)sc1Cc1ccc(Br)c(Cl)c1. The van der Waals surface area contributed by atoms with E-state index in [0.29, 0.717) is 5.13 Å². The van der Waals surface area contributed by atoms with Crippen LogP contribution in [0.15, 0.2) is 22.7 Å². The van der Waals surface area contributed by atoms with Crippen LogP contribution >= 0.6 is 38.9 Å². The van der Waals surface area contributed by atoms with E-state index in [1.807, 2.05) is 12.1 Å². The first kappa shape index (κ1) is 13.8. The van der Waals surface area contributed by atoms with E-state index in [1.165, 1.54) is 10.4 Å². The van der Waals surface area contributed by atoms with Gasteiger partial charge in [0.25, 0.3) is 0 Å². The molecule has 96 valence electrons. The molecule has 0 bridgehead atoms. The minimum atomic E-state index is 0.650. The second-order valence-electron chi connectivity index (χ2n) is 4.10. The summed E-state index contributed by atoms with van der Waals surface area (Å²) in [4.78, 5) is 5.63. The van der Waals surface area contributed by atoms with Crippen molar-refractivity contribution in [2.45, 2.75) is 26.2 Å². The van der Waals surface area contributed by atoms with Gasteiger partial charge in [0.15, 0.2) is 5.13 Å². The zero-order valence-electron chi connectivity index (χ0n) is 10.0. The van der Waals surface area contributed by atoms with Crippen molar-refractivity contribution in [1.29, 1.82) is 0 Å². The summed E-state index contributed by atoms with van der Waals surface area (Å²) < 4.78 is 0.922. The van der Waals surface area contributed by atoms with Gasteiger partial charge in [-0.2, -0.15) is 0 Å². The Kier molecular flexibility index (Phi) is 4.65. The molecule has 18 heavy (non-hydrogen) atoms. The van der Waals surface area contributed by atoms with E-state index in [2.05, 4.69) is 33.9 Å². The van der Waals surface area contributed by atoms with E-state index in [9.17, 15) is 0 Å². The van der Waals surface area contributed by atoms with Gasteiger partial charge < -0.3 is 5.73 Å². The van der Waals surface area contributed by atoms with Crippen molar-refractivity contribution in [1.82, 2.24) is 4.98 Å². The normalized spacial score (nSPS) is 10.8. The third-order valence-electron chi connectivity index (χ3n) is 2.63. The number of aryl methyl sites for hydroxylation is 1. The van der Waals surface area contributed by atoms with Crippen LogP contribution in [0.25, 0.3) is 0 Å². The van der Waals surface area contributed by atoms with Crippen LogP contribution in [0.3, 0.4) is 0 Å². The van der Waals surface area contributed by atoms with Crippen LogP contribution in [-0.2, 0) is 12.8 Å². The number of thiazole rings is 1. The third kappa shape index (κ3) is 3.25. The van der Waals surface area contributed by atoms with Crippen LogP contribution in [0.5, 0.6) is 0 Å². The number of anilines is 1. The van der Waals surface area contributed by atoms with Gasteiger partial charge >= 0.3 is 0 Å². The van der Waals surface area contributed by atoms with Gasteiger partial charge in [0.2, 0.25) is 0 Å². The molecule has 1 aromatic heterocycles. The summed E-state index contributed by atoms with van der Waals surface area (Å²) in [5.74, 6) is 0. The Morgan fingerprint density at radius 2 is 2.22 bits per heavy atom. The zero-order chi connectivity index (χ0) is 13.1. The smallest absolute Gasteiger partial charge is 0.180 e. The highest BCUT2D eigenvalue weighted by atomic mass is 79.9. The molecule has 2 aromatic rings. The predicted octanol–water partition coefficient (Wildman–Crippen LogP) is 4.68. The van der Waals surface area contributed by atoms with Crippen LogP contribution in [-0.4, -0.2) is 4.98 Å². The summed E-state index contributed by atoms with van der Waals surface area (Å²) in [7, 11) is 0. The van der Waals surface area contributed by atoms with Crippen molar-refractivity contribution in [3.8, 4) is 0 Å². The number of halogens is 2.